The Bertz CT molecular complexity index is 1220. The van der Waals surface area contributed by atoms with E-state index in [4.69, 9.17) is 5.73 Å². The van der Waals surface area contributed by atoms with Gasteiger partial charge in [-0.2, -0.15) is 5.10 Å². The van der Waals surface area contributed by atoms with Crippen LogP contribution in [0.15, 0.2) is 54.7 Å². The topological polar surface area (TPSA) is 110 Å². The summed E-state index contributed by atoms with van der Waals surface area (Å²) in [4.78, 5) is 39.2. The molecule has 3 N–H and O–H groups in total. The number of halogens is 1. The van der Waals surface area contributed by atoms with Crippen molar-refractivity contribution in [2.45, 2.75) is 11.8 Å². The van der Waals surface area contributed by atoms with Gasteiger partial charge in [0.15, 0.2) is 0 Å². The van der Waals surface area contributed by atoms with Gasteiger partial charge in [0, 0.05) is 17.7 Å². The van der Waals surface area contributed by atoms with Crippen molar-refractivity contribution >= 4 is 29.2 Å². The molecule has 8 nitrogen and oxygen atoms in total. The first kappa shape index (κ1) is 18.0. The number of nitrogens with zero attached hydrogens (tertiary/aromatic N) is 3. The molecule has 0 unspecified atom stereocenters. The molecule has 5 rings (SSSR count). The van der Waals surface area contributed by atoms with Gasteiger partial charge in [-0.1, -0.05) is 18.2 Å². The number of hydrogen-bond donors (Lipinski definition) is 2. The Morgan fingerprint density at radius 1 is 1.17 bits per heavy atom. The number of rotatable bonds is 3. The van der Waals surface area contributed by atoms with E-state index in [9.17, 15) is 18.8 Å². The molecule has 3 aromatic rings. The smallest absolute Gasteiger partial charge is 0.243 e. The van der Waals surface area contributed by atoms with Crippen molar-refractivity contribution in [2.24, 2.45) is 5.73 Å². The molecule has 30 heavy (non-hydrogen) atoms. The van der Waals surface area contributed by atoms with Gasteiger partial charge in [0.05, 0.1) is 11.9 Å². The van der Waals surface area contributed by atoms with E-state index >= 15 is 0 Å². The Morgan fingerprint density at radius 2 is 1.93 bits per heavy atom. The number of aromatic nitrogens is 2. The lowest BCUT2D eigenvalue weighted by Gasteiger charge is -2.32. The Morgan fingerprint density at radius 3 is 2.67 bits per heavy atom. The maximum atomic E-state index is 14.2. The number of carbonyl (C=O) groups excluding carboxylic acids is 3. The Labute approximate surface area is 170 Å². The Hall–Kier alpha value is -4.01. The molecule has 0 saturated carbocycles. The molecule has 150 valence electrons. The van der Waals surface area contributed by atoms with E-state index in [-0.39, 0.29) is 13.0 Å². The fourth-order valence-corrected chi connectivity index (χ4v) is 4.34. The highest BCUT2D eigenvalue weighted by molar-refractivity contribution is 6.17. The molecular weight excluding hydrogens is 389 g/mol. The van der Waals surface area contributed by atoms with Gasteiger partial charge in [0.25, 0.3) is 0 Å². The quantitative estimate of drug-likeness (QED) is 0.688. The number of anilines is 2. The third-order valence-electron chi connectivity index (χ3n) is 5.55. The highest BCUT2D eigenvalue weighted by Gasteiger charge is 2.57. The van der Waals surface area contributed by atoms with E-state index in [1.807, 2.05) is 30.3 Å². The van der Waals surface area contributed by atoms with Crippen molar-refractivity contribution in [1.82, 2.24) is 9.78 Å². The fraction of sp³-hybridized carbons (Fsp3) is 0.143. The number of hydrogen-bond acceptors (Lipinski definition) is 4. The van der Waals surface area contributed by atoms with Crippen molar-refractivity contribution in [3.8, 4) is 5.69 Å². The molecule has 0 saturated heterocycles. The fourth-order valence-electron chi connectivity index (χ4n) is 4.34. The van der Waals surface area contributed by atoms with Crippen molar-refractivity contribution in [3.63, 3.8) is 0 Å². The van der Waals surface area contributed by atoms with Crippen LogP contribution in [0, 0.1) is 5.82 Å². The molecule has 0 aliphatic carbocycles. The largest absolute Gasteiger partial charge is 0.368 e. The first-order valence-corrected chi connectivity index (χ1v) is 9.26. The minimum Gasteiger partial charge on any atom is -0.368 e. The van der Waals surface area contributed by atoms with Crippen LogP contribution in [0.25, 0.3) is 5.69 Å². The van der Waals surface area contributed by atoms with Crippen LogP contribution in [0.1, 0.15) is 17.5 Å². The number of carbonyl (C=O) groups is 3. The molecule has 3 amide bonds. The number of fused-ring (bicyclic) bond motifs is 4. The number of nitrogens with one attached hydrogen (secondary N) is 1. The molecule has 9 heteroatoms. The first-order chi connectivity index (χ1) is 14.4. The van der Waals surface area contributed by atoms with Gasteiger partial charge in [0.2, 0.25) is 17.7 Å². The second kappa shape index (κ2) is 6.24. The van der Waals surface area contributed by atoms with Crippen LogP contribution >= 0.6 is 0 Å². The number of para-hydroxylation sites is 1. The van der Waals surface area contributed by atoms with Crippen LogP contribution in [-0.4, -0.2) is 34.0 Å². The van der Waals surface area contributed by atoms with Gasteiger partial charge in [-0.15, -0.1) is 0 Å². The lowest BCUT2D eigenvalue weighted by Crippen LogP contribution is -2.48. The molecule has 3 heterocycles. The van der Waals surface area contributed by atoms with Crippen molar-refractivity contribution < 1.29 is 18.8 Å². The minimum atomic E-state index is -1.49. The molecule has 0 bridgehead atoms. The molecule has 1 aromatic heterocycles. The minimum absolute atomic E-state index is 0.231. The standard InChI is InChI=1S/C21H16FN5O3/c22-12-6-7-16-14(8-12)21(20(30)26(16)11-17(23)28)9-18(29)25-19-15(21)10-24-27(19)13-4-2-1-3-5-13/h1-8,10H,9,11H2,(H2,23,28)(H,25,29)/t21-/m0/s1. The van der Waals surface area contributed by atoms with E-state index < -0.39 is 29.0 Å². The number of amides is 3. The van der Waals surface area contributed by atoms with Gasteiger partial charge in [-0.3, -0.25) is 14.4 Å². The van der Waals surface area contributed by atoms with Gasteiger partial charge in [0.1, 0.15) is 23.6 Å². The molecule has 1 atom stereocenters. The summed E-state index contributed by atoms with van der Waals surface area (Å²) >= 11 is 0. The summed E-state index contributed by atoms with van der Waals surface area (Å²) < 4.78 is 15.7. The zero-order valence-electron chi connectivity index (χ0n) is 15.6. The van der Waals surface area contributed by atoms with Gasteiger partial charge in [-0.25, -0.2) is 9.07 Å². The van der Waals surface area contributed by atoms with Crippen molar-refractivity contribution in [2.75, 3.05) is 16.8 Å². The molecule has 1 spiro atoms. The predicted octanol–water partition coefficient (Wildman–Crippen LogP) is 1.47. The van der Waals surface area contributed by atoms with E-state index in [1.54, 1.807) is 0 Å². The van der Waals surface area contributed by atoms with Crippen LogP contribution in [0.5, 0.6) is 0 Å². The molecule has 0 fully saturated rings. The summed E-state index contributed by atoms with van der Waals surface area (Å²) in [6.07, 6.45) is 1.27. The van der Waals surface area contributed by atoms with Crippen LogP contribution in [0.2, 0.25) is 0 Å². The predicted molar refractivity (Wildman–Crippen MR) is 106 cm³/mol. The van der Waals surface area contributed by atoms with E-state index in [2.05, 4.69) is 10.4 Å². The van der Waals surface area contributed by atoms with E-state index in [1.165, 1.54) is 34.0 Å². The molecule has 2 aromatic carbocycles. The van der Waals surface area contributed by atoms with Gasteiger partial charge >= 0.3 is 0 Å². The molecular formula is C21H16FN5O3. The summed E-state index contributed by atoms with van der Waals surface area (Å²) in [5.41, 5.74) is 5.65. The summed E-state index contributed by atoms with van der Waals surface area (Å²) in [6, 6.07) is 13.0. The summed E-state index contributed by atoms with van der Waals surface area (Å²) in [6.45, 7) is -0.372. The SMILES string of the molecule is NC(=O)CN1C(=O)[C@@]2(CC(=O)Nc3c2cnn3-c2ccccc2)c2cc(F)ccc21. The van der Waals surface area contributed by atoms with Crippen molar-refractivity contribution in [3.05, 3.63) is 71.7 Å². The summed E-state index contributed by atoms with van der Waals surface area (Å²) in [5, 5.41) is 7.17. The third kappa shape index (κ3) is 2.38. The summed E-state index contributed by atoms with van der Waals surface area (Å²) in [7, 11) is 0. The second-order valence-electron chi connectivity index (χ2n) is 7.30. The summed E-state index contributed by atoms with van der Waals surface area (Å²) in [5.74, 6) is -1.85. The average molecular weight is 405 g/mol. The van der Waals surface area contributed by atoms with E-state index in [0.717, 1.165) is 0 Å². The first-order valence-electron chi connectivity index (χ1n) is 9.26. The highest BCUT2D eigenvalue weighted by atomic mass is 19.1. The number of benzene rings is 2. The van der Waals surface area contributed by atoms with Crippen LogP contribution in [0.3, 0.4) is 0 Å². The van der Waals surface area contributed by atoms with Gasteiger partial charge < -0.3 is 16.0 Å². The molecule has 0 radical (unpaired) electrons. The number of primary amides is 1. The normalized spacial score (nSPS) is 19.6. The lowest BCUT2D eigenvalue weighted by molar-refractivity contribution is -0.127. The van der Waals surface area contributed by atoms with Crippen molar-refractivity contribution in [1.29, 1.82) is 0 Å². The Kier molecular flexibility index (Phi) is 3.76. The van der Waals surface area contributed by atoms with Crippen LogP contribution in [0.4, 0.5) is 15.9 Å². The van der Waals surface area contributed by atoms with E-state index in [0.29, 0.717) is 28.3 Å². The molecule has 2 aliphatic heterocycles. The Balaban J connectivity index is 1.77. The monoisotopic (exact) mass is 405 g/mol. The third-order valence-corrected chi connectivity index (χ3v) is 5.55. The lowest BCUT2D eigenvalue weighted by atomic mass is 9.71. The highest BCUT2D eigenvalue weighted by Crippen LogP contribution is 2.52. The van der Waals surface area contributed by atoms with Crippen LogP contribution in [-0.2, 0) is 19.8 Å². The van der Waals surface area contributed by atoms with Crippen LogP contribution < -0.4 is 16.0 Å². The second-order valence-corrected chi connectivity index (χ2v) is 7.30. The maximum absolute atomic E-state index is 14.2. The number of nitrogens with two attached hydrogens (primary N) is 1. The zero-order valence-corrected chi connectivity index (χ0v) is 15.6. The molecule has 2 aliphatic rings. The zero-order chi connectivity index (χ0) is 21.0. The average Bonchev–Trinajstić information content (AvgIpc) is 3.23. The maximum Gasteiger partial charge on any atom is 0.243 e. The van der Waals surface area contributed by atoms with Gasteiger partial charge in [-0.05, 0) is 35.9 Å².